The van der Waals surface area contributed by atoms with Gasteiger partial charge in [-0.1, -0.05) is 11.8 Å². The first kappa shape index (κ1) is 12.1. The molecule has 4 nitrogen and oxygen atoms in total. The number of rotatable bonds is 6. The number of nitrogens with zero attached hydrogens (tertiary/aromatic N) is 2. The molecule has 0 aliphatic rings. The fraction of sp³-hybridized carbons (Fsp3) is 0.600. The van der Waals surface area contributed by atoms with Gasteiger partial charge in [-0.25, -0.2) is 4.98 Å². The number of H-pyrrole nitrogens is 1. The van der Waals surface area contributed by atoms with Crippen molar-refractivity contribution in [3.8, 4) is 6.07 Å². The zero-order chi connectivity index (χ0) is 11.1. The van der Waals surface area contributed by atoms with Crippen molar-refractivity contribution in [1.82, 2.24) is 15.3 Å². The van der Waals surface area contributed by atoms with E-state index in [1.54, 1.807) is 18.0 Å². The molecule has 1 aromatic heterocycles. The van der Waals surface area contributed by atoms with Gasteiger partial charge >= 0.3 is 0 Å². The molecule has 0 aliphatic heterocycles. The van der Waals surface area contributed by atoms with Crippen LogP contribution < -0.4 is 5.32 Å². The molecular formula is C10H16N4S. The fourth-order valence-electron chi connectivity index (χ4n) is 1.16. The Kier molecular flexibility index (Phi) is 4.66. The molecule has 0 aliphatic carbocycles. The van der Waals surface area contributed by atoms with Gasteiger partial charge in [0.15, 0.2) is 5.16 Å². The Bertz CT molecular complexity index is 317. The average molecular weight is 224 g/mol. The van der Waals surface area contributed by atoms with Gasteiger partial charge in [-0.2, -0.15) is 5.26 Å². The summed E-state index contributed by atoms with van der Waals surface area (Å²) in [5.74, 6) is 0.979. The van der Waals surface area contributed by atoms with Crippen LogP contribution in [0.2, 0.25) is 0 Å². The van der Waals surface area contributed by atoms with Crippen LogP contribution in [0.15, 0.2) is 17.6 Å². The first-order valence-corrected chi connectivity index (χ1v) is 5.91. The first-order chi connectivity index (χ1) is 7.20. The minimum absolute atomic E-state index is 0.399. The molecule has 0 saturated carbocycles. The Morgan fingerprint density at radius 1 is 1.73 bits per heavy atom. The van der Waals surface area contributed by atoms with E-state index in [4.69, 9.17) is 5.26 Å². The summed E-state index contributed by atoms with van der Waals surface area (Å²) < 4.78 is 0. The Morgan fingerprint density at radius 3 is 3.07 bits per heavy atom. The number of nitrogens with one attached hydrogen (secondary N) is 2. The van der Waals surface area contributed by atoms with Gasteiger partial charge in [0.1, 0.15) is 5.54 Å². The molecule has 1 heterocycles. The molecule has 1 atom stereocenters. The summed E-state index contributed by atoms with van der Waals surface area (Å²) in [6.45, 7) is 1.92. The standard InChI is InChI=1S/C10H16N4S/c1-10(8-11,12-2)4-3-7-15-9-13-5-6-14-9/h5-6,12H,3-4,7H2,1-2H3,(H,13,14). The Balaban J connectivity index is 2.20. The van der Waals surface area contributed by atoms with E-state index in [0.717, 1.165) is 23.8 Å². The summed E-state index contributed by atoms with van der Waals surface area (Å²) >= 11 is 1.68. The highest BCUT2D eigenvalue weighted by atomic mass is 32.2. The summed E-state index contributed by atoms with van der Waals surface area (Å²) in [6, 6.07) is 2.28. The fourth-order valence-corrected chi connectivity index (χ4v) is 1.93. The lowest BCUT2D eigenvalue weighted by Gasteiger charge is -2.19. The highest BCUT2D eigenvalue weighted by molar-refractivity contribution is 7.99. The van der Waals surface area contributed by atoms with Gasteiger partial charge in [0.05, 0.1) is 6.07 Å². The van der Waals surface area contributed by atoms with Crippen LogP contribution in [0.1, 0.15) is 19.8 Å². The second-order valence-electron chi connectivity index (χ2n) is 3.54. The van der Waals surface area contributed by atoms with Gasteiger partial charge in [-0.05, 0) is 26.8 Å². The second-order valence-corrected chi connectivity index (χ2v) is 4.62. The zero-order valence-corrected chi connectivity index (χ0v) is 9.90. The van der Waals surface area contributed by atoms with Crippen molar-refractivity contribution >= 4 is 11.8 Å². The van der Waals surface area contributed by atoms with Gasteiger partial charge in [0.2, 0.25) is 0 Å². The third-order valence-electron chi connectivity index (χ3n) is 2.33. The van der Waals surface area contributed by atoms with Gasteiger partial charge in [-0.3, -0.25) is 0 Å². The van der Waals surface area contributed by atoms with Crippen molar-refractivity contribution < 1.29 is 0 Å². The third kappa shape index (κ3) is 3.94. The summed E-state index contributed by atoms with van der Waals surface area (Å²) in [7, 11) is 1.82. The first-order valence-electron chi connectivity index (χ1n) is 4.92. The number of aromatic nitrogens is 2. The Hall–Kier alpha value is -0.990. The largest absolute Gasteiger partial charge is 0.340 e. The number of thioether (sulfide) groups is 1. The smallest absolute Gasteiger partial charge is 0.165 e. The number of aromatic amines is 1. The molecule has 0 aromatic carbocycles. The molecule has 1 aromatic rings. The molecule has 0 fully saturated rings. The van der Waals surface area contributed by atoms with Gasteiger partial charge in [0.25, 0.3) is 0 Å². The minimum Gasteiger partial charge on any atom is -0.340 e. The highest BCUT2D eigenvalue weighted by Crippen LogP contribution is 2.17. The molecule has 2 N–H and O–H groups in total. The van der Waals surface area contributed by atoms with E-state index in [9.17, 15) is 0 Å². The van der Waals surface area contributed by atoms with Crippen molar-refractivity contribution in [2.45, 2.75) is 30.5 Å². The van der Waals surface area contributed by atoms with Crippen LogP contribution in [-0.4, -0.2) is 28.3 Å². The number of hydrogen-bond acceptors (Lipinski definition) is 4. The summed E-state index contributed by atoms with van der Waals surface area (Å²) in [5, 5.41) is 12.9. The molecule has 0 spiro atoms. The molecule has 0 radical (unpaired) electrons. The van der Waals surface area contributed by atoms with E-state index in [1.165, 1.54) is 0 Å². The van der Waals surface area contributed by atoms with E-state index < -0.39 is 5.54 Å². The van der Waals surface area contributed by atoms with Crippen LogP contribution in [-0.2, 0) is 0 Å². The Labute approximate surface area is 94.5 Å². The molecule has 15 heavy (non-hydrogen) atoms. The summed E-state index contributed by atoms with van der Waals surface area (Å²) in [5.41, 5.74) is -0.399. The summed E-state index contributed by atoms with van der Waals surface area (Å²) in [6.07, 6.45) is 5.41. The maximum absolute atomic E-state index is 8.93. The predicted octanol–water partition coefficient (Wildman–Crippen LogP) is 1.78. The lowest BCUT2D eigenvalue weighted by molar-refractivity contribution is 0.451. The quantitative estimate of drug-likeness (QED) is 0.571. The molecular weight excluding hydrogens is 208 g/mol. The SMILES string of the molecule is CNC(C)(C#N)CCCSc1ncc[nH]1. The maximum Gasteiger partial charge on any atom is 0.165 e. The third-order valence-corrected chi connectivity index (χ3v) is 3.32. The average Bonchev–Trinajstić information content (AvgIpc) is 2.77. The van der Waals surface area contributed by atoms with Crippen LogP contribution in [0.4, 0.5) is 0 Å². The van der Waals surface area contributed by atoms with Gasteiger partial charge in [-0.15, -0.1) is 0 Å². The van der Waals surface area contributed by atoms with Gasteiger partial charge in [0, 0.05) is 18.1 Å². The molecule has 0 bridgehead atoms. The van der Waals surface area contributed by atoms with Crippen LogP contribution in [0.5, 0.6) is 0 Å². The minimum atomic E-state index is -0.399. The van der Waals surface area contributed by atoms with E-state index >= 15 is 0 Å². The highest BCUT2D eigenvalue weighted by Gasteiger charge is 2.19. The molecule has 5 heteroatoms. The summed E-state index contributed by atoms with van der Waals surface area (Å²) in [4.78, 5) is 7.15. The predicted molar refractivity (Wildman–Crippen MR) is 61.6 cm³/mol. The molecule has 1 rings (SSSR count). The van der Waals surface area contributed by atoms with Crippen molar-refractivity contribution in [3.05, 3.63) is 12.4 Å². The molecule has 1 unspecified atom stereocenters. The topological polar surface area (TPSA) is 64.5 Å². The van der Waals surface area contributed by atoms with Crippen molar-refractivity contribution in [2.75, 3.05) is 12.8 Å². The monoisotopic (exact) mass is 224 g/mol. The number of hydrogen-bond donors (Lipinski definition) is 2. The number of nitriles is 1. The Morgan fingerprint density at radius 2 is 2.53 bits per heavy atom. The van der Waals surface area contributed by atoms with Gasteiger partial charge < -0.3 is 10.3 Å². The lowest BCUT2D eigenvalue weighted by atomic mass is 9.99. The maximum atomic E-state index is 8.93. The van der Waals surface area contributed by atoms with Crippen LogP contribution in [0, 0.1) is 11.3 Å². The molecule has 0 amide bonds. The van der Waals surface area contributed by atoms with Crippen molar-refractivity contribution in [2.24, 2.45) is 0 Å². The molecule has 0 saturated heterocycles. The normalized spacial score (nSPS) is 14.5. The van der Waals surface area contributed by atoms with E-state index in [-0.39, 0.29) is 0 Å². The number of imidazole rings is 1. The van der Waals surface area contributed by atoms with Crippen LogP contribution in [0.3, 0.4) is 0 Å². The van der Waals surface area contributed by atoms with Crippen molar-refractivity contribution in [1.29, 1.82) is 5.26 Å². The van der Waals surface area contributed by atoms with Crippen LogP contribution in [0.25, 0.3) is 0 Å². The van der Waals surface area contributed by atoms with E-state index in [1.807, 2.05) is 20.2 Å². The van der Waals surface area contributed by atoms with Crippen LogP contribution >= 0.6 is 11.8 Å². The van der Waals surface area contributed by atoms with E-state index in [0.29, 0.717) is 0 Å². The van der Waals surface area contributed by atoms with E-state index in [2.05, 4.69) is 21.4 Å². The second kappa shape index (κ2) is 5.79. The zero-order valence-electron chi connectivity index (χ0n) is 9.08. The lowest BCUT2D eigenvalue weighted by Crippen LogP contribution is -2.37. The van der Waals surface area contributed by atoms with Crippen molar-refractivity contribution in [3.63, 3.8) is 0 Å². The molecule has 82 valence electrons.